The summed E-state index contributed by atoms with van der Waals surface area (Å²) < 4.78 is 27.1. The topological polar surface area (TPSA) is 90.5 Å². The van der Waals surface area contributed by atoms with E-state index in [2.05, 4.69) is 28.3 Å². The summed E-state index contributed by atoms with van der Waals surface area (Å²) in [4.78, 5) is 12.6. The quantitative estimate of drug-likeness (QED) is 0.320. The summed E-state index contributed by atoms with van der Waals surface area (Å²) in [7, 11) is -3.56. The molecule has 1 saturated carbocycles. The molecule has 0 aromatic heterocycles. The van der Waals surface area contributed by atoms with Crippen molar-refractivity contribution in [3.05, 3.63) is 42.0 Å². The Morgan fingerprint density at radius 1 is 1.07 bits per heavy atom. The molecule has 1 fully saturated rings. The number of fused-ring (bicyclic) bond motifs is 2. The van der Waals surface area contributed by atoms with E-state index < -0.39 is 10.0 Å². The fourth-order valence-corrected chi connectivity index (χ4v) is 5.94. The Hall–Kier alpha value is -1.97. The van der Waals surface area contributed by atoms with E-state index in [1.807, 2.05) is 13.8 Å². The van der Waals surface area contributed by atoms with Gasteiger partial charge in [-0.1, -0.05) is 26.0 Å². The summed E-state index contributed by atoms with van der Waals surface area (Å²) in [5.41, 5.74) is 5.65. The Balaban J connectivity index is 1.54. The fraction of sp³-hybridized carbons (Fsp3) is 0.524. The molecule has 2 bridgehead atoms. The van der Waals surface area contributed by atoms with E-state index in [-0.39, 0.29) is 10.8 Å². The molecule has 3 atom stereocenters. The van der Waals surface area contributed by atoms with Gasteiger partial charge < -0.3 is 5.32 Å². The van der Waals surface area contributed by atoms with E-state index >= 15 is 0 Å². The minimum Gasteiger partial charge on any atom is -0.358 e. The molecule has 1 aromatic carbocycles. The van der Waals surface area contributed by atoms with Crippen LogP contribution in [0, 0.1) is 11.8 Å². The maximum atomic E-state index is 12.8. The lowest BCUT2D eigenvalue weighted by Crippen LogP contribution is -2.50. The van der Waals surface area contributed by atoms with E-state index in [1.165, 1.54) is 28.6 Å². The number of rotatable bonds is 8. The molecule has 3 N–H and O–H groups in total. The zero-order chi connectivity index (χ0) is 21.7. The molecule has 9 heteroatoms. The second-order valence-corrected chi connectivity index (χ2v) is 10.2. The van der Waals surface area contributed by atoms with Crippen molar-refractivity contribution in [2.24, 2.45) is 11.8 Å². The van der Waals surface area contributed by atoms with Crippen LogP contribution < -0.4 is 16.2 Å². The van der Waals surface area contributed by atoms with Gasteiger partial charge in [-0.05, 0) is 74.0 Å². The van der Waals surface area contributed by atoms with E-state index in [4.69, 9.17) is 12.2 Å². The summed E-state index contributed by atoms with van der Waals surface area (Å²) in [5, 5.41) is 3.63. The Bertz CT molecular complexity index is 893. The SMILES string of the molecule is CCCN(CCC)S(=O)(=O)c1ccc(C(=O)NNC(=S)N[C@@H]2C[C@H]3C=C[C@@H]2C3)cc1. The lowest BCUT2D eigenvalue weighted by Gasteiger charge is -2.22. The van der Waals surface area contributed by atoms with Gasteiger partial charge in [-0.25, -0.2) is 8.42 Å². The number of hydrazine groups is 1. The minimum absolute atomic E-state index is 0.190. The minimum atomic E-state index is -3.56. The molecule has 0 heterocycles. The highest BCUT2D eigenvalue weighted by Gasteiger charge is 2.35. The average molecular weight is 451 g/mol. The van der Waals surface area contributed by atoms with Crippen LogP contribution in [0.1, 0.15) is 49.9 Å². The molecule has 164 valence electrons. The molecule has 0 unspecified atom stereocenters. The Morgan fingerprint density at radius 3 is 2.27 bits per heavy atom. The van der Waals surface area contributed by atoms with Crippen molar-refractivity contribution in [3.63, 3.8) is 0 Å². The average Bonchev–Trinajstić information content (AvgIpc) is 3.35. The van der Waals surface area contributed by atoms with Gasteiger partial charge in [-0.3, -0.25) is 15.6 Å². The zero-order valence-electron chi connectivity index (χ0n) is 17.4. The van der Waals surface area contributed by atoms with E-state index in [9.17, 15) is 13.2 Å². The zero-order valence-corrected chi connectivity index (χ0v) is 19.1. The molecule has 3 rings (SSSR count). The Kier molecular flexibility index (Phi) is 7.49. The van der Waals surface area contributed by atoms with Gasteiger partial charge in [0.1, 0.15) is 0 Å². The van der Waals surface area contributed by atoms with Crippen LogP contribution in [0.5, 0.6) is 0 Å². The van der Waals surface area contributed by atoms with Crippen LogP contribution in [-0.2, 0) is 10.0 Å². The van der Waals surface area contributed by atoms with Crippen molar-refractivity contribution in [3.8, 4) is 0 Å². The van der Waals surface area contributed by atoms with Crippen LogP contribution in [0.25, 0.3) is 0 Å². The molecule has 2 aliphatic carbocycles. The molecule has 1 aromatic rings. The van der Waals surface area contributed by atoms with Crippen molar-refractivity contribution in [1.82, 2.24) is 20.5 Å². The Labute approximate surface area is 184 Å². The third-order valence-corrected chi connectivity index (χ3v) is 7.72. The highest BCUT2D eigenvalue weighted by molar-refractivity contribution is 7.89. The van der Waals surface area contributed by atoms with Crippen LogP contribution in [-0.4, -0.2) is 42.9 Å². The molecule has 1 amide bonds. The predicted octanol–water partition coefficient (Wildman–Crippen LogP) is 2.57. The maximum Gasteiger partial charge on any atom is 0.269 e. The third kappa shape index (κ3) is 5.19. The van der Waals surface area contributed by atoms with Crippen molar-refractivity contribution >= 4 is 33.3 Å². The van der Waals surface area contributed by atoms with Gasteiger partial charge in [-0.15, -0.1) is 0 Å². The number of allylic oxidation sites excluding steroid dienone is 1. The fourth-order valence-electron chi connectivity index (χ4n) is 4.12. The number of amides is 1. The molecule has 0 saturated heterocycles. The summed E-state index contributed by atoms with van der Waals surface area (Å²) in [6.07, 6.45) is 8.20. The van der Waals surface area contributed by atoms with Crippen LogP contribution >= 0.6 is 12.2 Å². The number of carbonyl (C=O) groups excluding carboxylic acids is 1. The van der Waals surface area contributed by atoms with Crippen LogP contribution in [0.15, 0.2) is 41.3 Å². The predicted molar refractivity (Wildman–Crippen MR) is 121 cm³/mol. The van der Waals surface area contributed by atoms with Gasteiger partial charge in [0.15, 0.2) is 5.11 Å². The highest BCUT2D eigenvalue weighted by Crippen LogP contribution is 2.38. The number of carbonyl (C=O) groups is 1. The van der Waals surface area contributed by atoms with Gasteiger partial charge >= 0.3 is 0 Å². The first-order chi connectivity index (χ1) is 14.3. The first-order valence-electron chi connectivity index (χ1n) is 10.5. The second-order valence-electron chi connectivity index (χ2n) is 7.87. The summed E-state index contributed by atoms with van der Waals surface area (Å²) in [6.45, 7) is 4.86. The lowest BCUT2D eigenvalue weighted by atomic mass is 10.0. The molecule has 7 nitrogen and oxygen atoms in total. The van der Waals surface area contributed by atoms with Gasteiger partial charge in [0, 0.05) is 24.7 Å². The molecule has 0 spiro atoms. The maximum absolute atomic E-state index is 12.8. The summed E-state index contributed by atoms with van der Waals surface area (Å²) >= 11 is 5.28. The number of nitrogens with zero attached hydrogens (tertiary/aromatic N) is 1. The lowest BCUT2D eigenvalue weighted by molar-refractivity contribution is 0.0943. The van der Waals surface area contributed by atoms with Crippen molar-refractivity contribution < 1.29 is 13.2 Å². The Morgan fingerprint density at radius 2 is 1.73 bits per heavy atom. The van der Waals surface area contributed by atoms with Crippen molar-refractivity contribution in [2.45, 2.75) is 50.5 Å². The van der Waals surface area contributed by atoms with Crippen molar-refractivity contribution in [2.75, 3.05) is 13.1 Å². The van der Waals surface area contributed by atoms with E-state index in [0.717, 1.165) is 25.7 Å². The number of sulfonamides is 1. The number of nitrogens with one attached hydrogen (secondary N) is 3. The van der Waals surface area contributed by atoms with Gasteiger partial charge in [0.25, 0.3) is 5.91 Å². The summed E-state index contributed by atoms with van der Waals surface area (Å²) in [6, 6.07) is 6.27. The highest BCUT2D eigenvalue weighted by atomic mass is 32.2. The number of hydrogen-bond acceptors (Lipinski definition) is 4. The molecule has 2 aliphatic rings. The van der Waals surface area contributed by atoms with Gasteiger partial charge in [0.05, 0.1) is 4.90 Å². The smallest absolute Gasteiger partial charge is 0.269 e. The number of benzene rings is 1. The van der Waals surface area contributed by atoms with Gasteiger partial charge in [0.2, 0.25) is 10.0 Å². The standard InChI is InChI=1S/C21H30N4O3S2/c1-3-11-25(12-4-2)30(27,28)18-9-7-16(8-10-18)20(26)23-24-21(29)22-19-14-15-5-6-17(19)13-15/h5-10,15,17,19H,3-4,11-14H2,1-2H3,(H,23,26)(H2,22,24,29)/t15-,17+,19+/m0/s1. The summed E-state index contributed by atoms with van der Waals surface area (Å²) in [5.74, 6) is 0.750. The largest absolute Gasteiger partial charge is 0.358 e. The normalized spacial score (nSPS) is 22.3. The van der Waals surface area contributed by atoms with E-state index in [1.54, 1.807) is 0 Å². The molecule has 30 heavy (non-hydrogen) atoms. The van der Waals surface area contributed by atoms with Crippen LogP contribution in [0.2, 0.25) is 0 Å². The van der Waals surface area contributed by atoms with E-state index in [0.29, 0.717) is 41.6 Å². The molecule has 0 aliphatic heterocycles. The number of hydrogen-bond donors (Lipinski definition) is 3. The van der Waals surface area contributed by atoms with Crippen LogP contribution in [0.3, 0.4) is 0 Å². The first-order valence-corrected chi connectivity index (χ1v) is 12.3. The first kappa shape index (κ1) is 22.7. The molecule has 0 radical (unpaired) electrons. The molecular formula is C21H30N4O3S2. The number of thiocarbonyl (C=S) groups is 1. The molecular weight excluding hydrogens is 420 g/mol. The second kappa shape index (κ2) is 9.89. The monoisotopic (exact) mass is 450 g/mol. The third-order valence-electron chi connectivity index (χ3n) is 5.59. The van der Waals surface area contributed by atoms with Gasteiger partial charge in [-0.2, -0.15) is 4.31 Å². The van der Waals surface area contributed by atoms with Crippen molar-refractivity contribution in [1.29, 1.82) is 0 Å². The van der Waals surface area contributed by atoms with Crippen LogP contribution in [0.4, 0.5) is 0 Å².